The molecular weight excluding hydrogens is 394 g/mol. The Kier molecular flexibility index (Phi) is 6.69. The van der Waals surface area contributed by atoms with Crippen LogP contribution in [-0.2, 0) is 16.1 Å². The average molecular weight is 411 g/mol. The first-order valence-electron chi connectivity index (χ1n) is 8.51. The Hall–Kier alpha value is -3.53. The zero-order valence-corrected chi connectivity index (χ0v) is 16.3. The number of benzene rings is 2. The van der Waals surface area contributed by atoms with E-state index in [4.69, 9.17) is 4.74 Å². The van der Waals surface area contributed by atoms with Crippen LogP contribution in [0.3, 0.4) is 0 Å². The maximum atomic E-state index is 12.4. The van der Waals surface area contributed by atoms with E-state index in [9.17, 15) is 14.4 Å². The highest BCUT2D eigenvalue weighted by molar-refractivity contribution is 7.98. The van der Waals surface area contributed by atoms with Gasteiger partial charge in [-0.2, -0.15) is 0 Å². The number of rotatable bonds is 8. The molecule has 1 N–H and O–H groups in total. The Balaban J connectivity index is 1.61. The number of carbonyl (C=O) groups excluding carboxylic acids is 3. The molecule has 148 valence electrons. The molecule has 1 heterocycles. The minimum Gasteiger partial charge on any atom is -0.454 e. The third kappa shape index (κ3) is 5.48. The molecule has 9 nitrogen and oxygen atoms in total. The van der Waals surface area contributed by atoms with Gasteiger partial charge >= 0.3 is 5.97 Å². The average Bonchev–Trinajstić information content (AvgIpc) is 3.25. The number of ether oxygens (including phenoxy) is 1. The summed E-state index contributed by atoms with van der Waals surface area (Å²) in [7, 11) is 0. The van der Waals surface area contributed by atoms with Gasteiger partial charge in [-0.15, -0.1) is 16.9 Å². The predicted molar refractivity (Wildman–Crippen MR) is 106 cm³/mol. The van der Waals surface area contributed by atoms with Gasteiger partial charge in [0.2, 0.25) is 5.91 Å². The number of amides is 1. The Bertz CT molecular complexity index is 1010. The normalized spacial score (nSPS) is 10.4. The second-order valence-electron chi connectivity index (χ2n) is 5.83. The van der Waals surface area contributed by atoms with Gasteiger partial charge in [-0.1, -0.05) is 24.3 Å². The minimum atomic E-state index is -0.711. The van der Waals surface area contributed by atoms with E-state index in [1.54, 1.807) is 42.1 Å². The van der Waals surface area contributed by atoms with Crippen molar-refractivity contribution in [3.8, 4) is 0 Å². The maximum Gasteiger partial charge on any atom is 0.340 e. The summed E-state index contributed by atoms with van der Waals surface area (Å²) in [6, 6.07) is 13.4. The van der Waals surface area contributed by atoms with Crippen LogP contribution in [0.4, 0.5) is 5.69 Å². The number of para-hydroxylation sites is 1. The molecule has 1 aromatic heterocycles. The number of ketones is 1. The standard InChI is InChI=1S/C19H17N5O4S/c1-29-14-8-6-13(7-9-14)17(25)11-28-19(27)15-4-2-3-5-16(15)21-18(26)10-24-12-20-22-23-24/h2-9,12H,10-11H2,1H3,(H,21,26). The van der Waals surface area contributed by atoms with Crippen LogP contribution in [0.25, 0.3) is 0 Å². The highest BCUT2D eigenvalue weighted by Crippen LogP contribution is 2.18. The summed E-state index contributed by atoms with van der Waals surface area (Å²) in [5.74, 6) is -1.44. The quantitative estimate of drug-likeness (QED) is 0.340. The van der Waals surface area contributed by atoms with Gasteiger partial charge in [0.05, 0.1) is 11.3 Å². The molecule has 0 spiro atoms. The molecule has 29 heavy (non-hydrogen) atoms. The first-order valence-corrected chi connectivity index (χ1v) is 9.73. The van der Waals surface area contributed by atoms with Gasteiger partial charge in [-0.05, 0) is 40.9 Å². The highest BCUT2D eigenvalue weighted by Gasteiger charge is 2.17. The van der Waals surface area contributed by atoms with Crippen molar-refractivity contribution >= 4 is 35.1 Å². The summed E-state index contributed by atoms with van der Waals surface area (Å²) in [6.07, 6.45) is 3.24. The molecule has 0 radical (unpaired) electrons. The third-order valence-corrected chi connectivity index (χ3v) is 4.61. The van der Waals surface area contributed by atoms with Crippen LogP contribution in [0, 0.1) is 0 Å². The van der Waals surface area contributed by atoms with Crippen molar-refractivity contribution in [2.75, 3.05) is 18.2 Å². The number of nitrogens with one attached hydrogen (secondary N) is 1. The minimum absolute atomic E-state index is 0.110. The van der Waals surface area contributed by atoms with E-state index in [1.165, 1.54) is 17.1 Å². The fraction of sp³-hybridized carbons (Fsp3) is 0.158. The molecule has 0 aliphatic carbocycles. The van der Waals surface area contributed by atoms with Crippen LogP contribution in [0.1, 0.15) is 20.7 Å². The van der Waals surface area contributed by atoms with Crippen LogP contribution in [-0.4, -0.2) is 50.7 Å². The zero-order valence-electron chi connectivity index (χ0n) is 15.4. The van der Waals surface area contributed by atoms with Gasteiger partial charge < -0.3 is 10.1 Å². The first kappa shape index (κ1) is 20.2. The molecular formula is C19H17N5O4S. The van der Waals surface area contributed by atoms with Crippen LogP contribution >= 0.6 is 11.8 Å². The van der Waals surface area contributed by atoms with Crippen molar-refractivity contribution in [1.82, 2.24) is 20.2 Å². The number of hydrogen-bond acceptors (Lipinski definition) is 8. The lowest BCUT2D eigenvalue weighted by molar-refractivity contribution is -0.116. The predicted octanol–water partition coefficient (Wildman–Crippen LogP) is 2.07. The molecule has 3 aromatic rings. The first-order chi connectivity index (χ1) is 14.1. The summed E-state index contributed by atoms with van der Waals surface area (Å²) in [5.41, 5.74) is 0.870. The van der Waals surface area contributed by atoms with Crippen molar-refractivity contribution in [2.24, 2.45) is 0 Å². The molecule has 0 aliphatic rings. The molecule has 0 unspecified atom stereocenters. The molecule has 10 heteroatoms. The van der Waals surface area contributed by atoms with Gasteiger partial charge in [0, 0.05) is 10.5 Å². The second-order valence-corrected chi connectivity index (χ2v) is 6.71. The topological polar surface area (TPSA) is 116 Å². The van der Waals surface area contributed by atoms with E-state index in [0.717, 1.165) is 4.90 Å². The lowest BCUT2D eigenvalue weighted by atomic mass is 10.1. The second kappa shape index (κ2) is 9.60. The summed E-state index contributed by atoms with van der Waals surface area (Å²) < 4.78 is 6.39. The van der Waals surface area contributed by atoms with Crippen molar-refractivity contribution in [2.45, 2.75) is 11.4 Å². The number of nitrogens with zero attached hydrogens (tertiary/aromatic N) is 4. The number of hydrogen-bond donors (Lipinski definition) is 1. The summed E-state index contributed by atoms with van der Waals surface area (Å²) in [6.45, 7) is -0.509. The SMILES string of the molecule is CSc1ccc(C(=O)COC(=O)c2ccccc2NC(=O)Cn2cnnn2)cc1. The number of anilines is 1. The van der Waals surface area contributed by atoms with Crippen molar-refractivity contribution in [3.63, 3.8) is 0 Å². The van der Waals surface area contributed by atoms with E-state index < -0.39 is 18.5 Å². The van der Waals surface area contributed by atoms with E-state index in [0.29, 0.717) is 5.56 Å². The van der Waals surface area contributed by atoms with E-state index in [1.807, 2.05) is 18.4 Å². The molecule has 2 aromatic carbocycles. The summed E-state index contributed by atoms with van der Waals surface area (Å²) in [5, 5.41) is 13.1. The number of esters is 1. The van der Waals surface area contributed by atoms with Crippen molar-refractivity contribution < 1.29 is 19.1 Å². The van der Waals surface area contributed by atoms with Gasteiger partial charge in [-0.3, -0.25) is 9.59 Å². The lowest BCUT2D eigenvalue weighted by Gasteiger charge is -2.10. The Morgan fingerprint density at radius 1 is 1.10 bits per heavy atom. The Morgan fingerprint density at radius 3 is 2.55 bits per heavy atom. The van der Waals surface area contributed by atoms with Crippen LogP contribution < -0.4 is 5.32 Å². The van der Waals surface area contributed by atoms with Gasteiger partial charge in [0.1, 0.15) is 12.9 Å². The monoisotopic (exact) mass is 411 g/mol. The summed E-state index contributed by atoms with van der Waals surface area (Å²) >= 11 is 1.57. The van der Waals surface area contributed by atoms with Gasteiger partial charge in [0.25, 0.3) is 0 Å². The fourth-order valence-electron chi connectivity index (χ4n) is 2.43. The smallest absolute Gasteiger partial charge is 0.340 e. The fourth-order valence-corrected chi connectivity index (χ4v) is 2.84. The van der Waals surface area contributed by atoms with Gasteiger partial charge in [0.15, 0.2) is 12.4 Å². The van der Waals surface area contributed by atoms with E-state index in [-0.39, 0.29) is 23.6 Å². The lowest BCUT2D eigenvalue weighted by Crippen LogP contribution is -2.21. The molecule has 0 fully saturated rings. The maximum absolute atomic E-state index is 12.4. The van der Waals surface area contributed by atoms with E-state index >= 15 is 0 Å². The molecule has 0 aliphatic heterocycles. The molecule has 0 bridgehead atoms. The zero-order chi connectivity index (χ0) is 20.6. The number of Topliss-reactive ketones (excluding diaryl/α,β-unsaturated/α-hetero) is 1. The molecule has 0 atom stereocenters. The molecule has 0 saturated carbocycles. The van der Waals surface area contributed by atoms with Crippen LogP contribution in [0.5, 0.6) is 0 Å². The van der Waals surface area contributed by atoms with Crippen molar-refractivity contribution in [1.29, 1.82) is 0 Å². The van der Waals surface area contributed by atoms with Crippen LogP contribution in [0.15, 0.2) is 59.8 Å². The molecule has 0 saturated heterocycles. The highest BCUT2D eigenvalue weighted by atomic mass is 32.2. The number of tetrazole rings is 1. The number of thioether (sulfide) groups is 1. The van der Waals surface area contributed by atoms with Crippen molar-refractivity contribution in [3.05, 3.63) is 66.0 Å². The molecule has 1 amide bonds. The third-order valence-electron chi connectivity index (χ3n) is 3.86. The van der Waals surface area contributed by atoms with E-state index in [2.05, 4.69) is 20.8 Å². The molecule has 3 rings (SSSR count). The van der Waals surface area contributed by atoms with Crippen LogP contribution in [0.2, 0.25) is 0 Å². The largest absolute Gasteiger partial charge is 0.454 e. The van der Waals surface area contributed by atoms with Gasteiger partial charge in [-0.25, -0.2) is 9.48 Å². The Labute approximate surface area is 170 Å². The number of carbonyl (C=O) groups is 3. The Morgan fingerprint density at radius 2 is 1.86 bits per heavy atom. The number of aromatic nitrogens is 4. The summed E-state index contributed by atoms with van der Waals surface area (Å²) in [4.78, 5) is 37.8.